The minimum absolute atomic E-state index is 0.199. The van der Waals surface area contributed by atoms with Crippen LogP contribution >= 0.6 is 0 Å². The van der Waals surface area contributed by atoms with Crippen molar-refractivity contribution in [3.05, 3.63) is 6.07 Å². The zero-order valence-corrected chi connectivity index (χ0v) is 12.2. The molecular formula is C14H25N5O. The largest absolute Gasteiger partial charge is 0.396 e. The fourth-order valence-corrected chi connectivity index (χ4v) is 2.37. The van der Waals surface area contributed by atoms with Gasteiger partial charge in [0, 0.05) is 31.8 Å². The predicted molar refractivity (Wildman–Crippen MR) is 81.9 cm³/mol. The maximum Gasteiger partial charge on any atom is 0.223 e. The maximum atomic E-state index is 9.06. The van der Waals surface area contributed by atoms with E-state index in [-0.39, 0.29) is 6.61 Å². The van der Waals surface area contributed by atoms with E-state index in [0.29, 0.717) is 12.0 Å². The van der Waals surface area contributed by atoms with Gasteiger partial charge in [0.1, 0.15) is 11.6 Å². The third-order valence-corrected chi connectivity index (χ3v) is 3.65. The second-order valence-electron chi connectivity index (χ2n) is 5.25. The van der Waals surface area contributed by atoms with Crippen LogP contribution < -0.4 is 16.0 Å². The Morgan fingerprint density at radius 1 is 1.45 bits per heavy atom. The Morgan fingerprint density at radius 2 is 2.25 bits per heavy atom. The van der Waals surface area contributed by atoms with E-state index in [0.717, 1.165) is 37.6 Å². The van der Waals surface area contributed by atoms with Gasteiger partial charge in [-0.3, -0.25) is 0 Å². The van der Waals surface area contributed by atoms with Crippen LogP contribution in [0.1, 0.15) is 39.0 Å². The molecule has 0 aliphatic heterocycles. The first-order valence-corrected chi connectivity index (χ1v) is 7.50. The van der Waals surface area contributed by atoms with Crippen LogP contribution in [-0.2, 0) is 0 Å². The van der Waals surface area contributed by atoms with Gasteiger partial charge in [0.25, 0.3) is 0 Å². The van der Waals surface area contributed by atoms with Crippen LogP contribution in [0, 0.1) is 0 Å². The number of hydrogen-bond donors (Lipinski definition) is 3. The molecule has 20 heavy (non-hydrogen) atoms. The fraction of sp³-hybridized carbons (Fsp3) is 0.714. The summed E-state index contributed by atoms with van der Waals surface area (Å²) in [6.45, 7) is 3.99. The first-order chi connectivity index (χ1) is 9.74. The third kappa shape index (κ3) is 3.72. The molecular weight excluding hydrogens is 254 g/mol. The monoisotopic (exact) mass is 279 g/mol. The van der Waals surface area contributed by atoms with Gasteiger partial charge in [0.15, 0.2) is 0 Å². The lowest BCUT2D eigenvalue weighted by Gasteiger charge is -2.38. The average Bonchev–Trinajstić information content (AvgIpc) is 2.38. The number of aliphatic hydroxyl groups is 1. The predicted octanol–water partition coefficient (Wildman–Crippen LogP) is 1.62. The first kappa shape index (κ1) is 14.8. The Hall–Kier alpha value is -1.56. The molecule has 0 atom stereocenters. The molecule has 0 amide bonds. The Labute approximate surface area is 120 Å². The quantitative estimate of drug-likeness (QED) is 0.670. The number of hydrogen-bond acceptors (Lipinski definition) is 6. The molecule has 1 saturated carbocycles. The van der Waals surface area contributed by atoms with Crippen molar-refractivity contribution in [3.8, 4) is 0 Å². The van der Waals surface area contributed by atoms with Crippen LogP contribution in [0.2, 0.25) is 0 Å². The fourth-order valence-electron chi connectivity index (χ4n) is 2.37. The smallest absolute Gasteiger partial charge is 0.223 e. The van der Waals surface area contributed by atoms with E-state index >= 15 is 0 Å². The summed E-state index contributed by atoms with van der Waals surface area (Å²) < 4.78 is 0. The zero-order chi connectivity index (χ0) is 14.4. The van der Waals surface area contributed by atoms with Crippen molar-refractivity contribution in [3.63, 3.8) is 0 Å². The first-order valence-electron chi connectivity index (χ1n) is 7.50. The molecule has 1 aliphatic rings. The number of nitrogen functional groups attached to an aromatic ring is 1. The van der Waals surface area contributed by atoms with E-state index in [4.69, 9.17) is 10.8 Å². The lowest BCUT2D eigenvalue weighted by Crippen LogP contribution is -2.41. The molecule has 1 aliphatic carbocycles. The number of anilines is 3. The van der Waals surface area contributed by atoms with E-state index in [9.17, 15) is 0 Å². The van der Waals surface area contributed by atoms with Gasteiger partial charge < -0.3 is 21.1 Å². The maximum absolute atomic E-state index is 9.06. The molecule has 0 bridgehead atoms. The second-order valence-corrected chi connectivity index (χ2v) is 5.25. The van der Waals surface area contributed by atoms with Crippen molar-refractivity contribution >= 4 is 17.6 Å². The standard InChI is InChI=1S/C14H25N5O/c1-2-7-16-12-10-13(18-14(15)17-12)19(8-4-9-20)11-5-3-6-11/h10-11,20H,2-9H2,1H3,(H3,15,16,17,18). The summed E-state index contributed by atoms with van der Waals surface area (Å²) in [5, 5.41) is 12.3. The topological polar surface area (TPSA) is 87.3 Å². The van der Waals surface area contributed by atoms with E-state index in [1.807, 2.05) is 6.07 Å². The van der Waals surface area contributed by atoms with Gasteiger partial charge in [0.2, 0.25) is 5.95 Å². The summed E-state index contributed by atoms with van der Waals surface area (Å²) in [6, 6.07) is 2.48. The molecule has 0 unspecified atom stereocenters. The van der Waals surface area contributed by atoms with Crippen LogP contribution in [0.15, 0.2) is 6.07 Å². The van der Waals surface area contributed by atoms with Crippen LogP contribution in [-0.4, -0.2) is 40.8 Å². The summed E-state index contributed by atoms with van der Waals surface area (Å²) in [5.74, 6) is 1.95. The van der Waals surface area contributed by atoms with Crippen LogP contribution in [0.3, 0.4) is 0 Å². The second kappa shape index (κ2) is 7.28. The molecule has 1 fully saturated rings. The van der Waals surface area contributed by atoms with Crippen molar-refractivity contribution in [1.82, 2.24) is 9.97 Å². The van der Waals surface area contributed by atoms with E-state index in [1.54, 1.807) is 0 Å². The molecule has 0 radical (unpaired) electrons. The minimum Gasteiger partial charge on any atom is -0.396 e. The normalized spacial score (nSPS) is 14.9. The average molecular weight is 279 g/mol. The highest BCUT2D eigenvalue weighted by molar-refractivity contribution is 5.53. The molecule has 1 heterocycles. The Kier molecular flexibility index (Phi) is 5.40. The zero-order valence-electron chi connectivity index (χ0n) is 12.2. The number of rotatable bonds is 8. The van der Waals surface area contributed by atoms with Crippen molar-refractivity contribution in [1.29, 1.82) is 0 Å². The number of aromatic nitrogens is 2. The van der Waals surface area contributed by atoms with Crippen molar-refractivity contribution in [2.24, 2.45) is 0 Å². The van der Waals surface area contributed by atoms with Gasteiger partial charge >= 0.3 is 0 Å². The van der Waals surface area contributed by atoms with E-state index in [1.165, 1.54) is 19.3 Å². The highest BCUT2D eigenvalue weighted by atomic mass is 16.3. The third-order valence-electron chi connectivity index (χ3n) is 3.65. The summed E-state index contributed by atoms with van der Waals surface area (Å²) in [7, 11) is 0. The van der Waals surface area contributed by atoms with Crippen molar-refractivity contribution < 1.29 is 5.11 Å². The molecule has 2 rings (SSSR count). The molecule has 0 spiro atoms. The van der Waals surface area contributed by atoms with Crippen molar-refractivity contribution in [2.45, 2.75) is 45.1 Å². The molecule has 6 nitrogen and oxygen atoms in total. The number of nitrogens with one attached hydrogen (secondary N) is 1. The van der Waals surface area contributed by atoms with Crippen LogP contribution in [0.5, 0.6) is 0 Å². The van der Waals surface area contributed by atoms with Crippen LogP contribution in [0.25, 0.3) is 0 Å². The van der Waals surface area contributed by atoms with Gasteiger partial charge in [-0.05, 0) is 32.1 Å². The summed E-state index contributed by atoms with van der Waals surface area (Å²) in [5.41, 5.74) is 5.82. The molecule has 112 valence electrons. The molecule has 6 heteroatoms. The van der Waals surface area contributed by atoms with Gasteiger partial charge in [0.05, 0.1) is 0 Å². The molecule has 1 aromatic heterocycles. The molecule has 0 aromatic carbocycles. The van der Waals surface area contributed by atoms with Gasteiger partial charge in [-0.25, -0.2) is 0 Å². The highest BCUT2D eigenvalue weighted by Gasteiger charge is 2.26. The van der Waals surface area contributed by atoms with Gasteiger partial charge in [-0.15, -0.1) is 0 Å². The van der Waals surface area contributed by atoms with Crippen molar-refractivity contribution in [2.75, 3.05) is 35.6 Å². The summed E-state index contributed by atoms with van der Waals surface area (Å²) in [4.78, 5) is 10.8. The van der Waals surface area contributed by atoms with E-state index in [2.05, 4.69) is 27.1 Å². The van der Waals surface area contributed by atoms with Gasteiger partial charge in [-0.2, -0.15) is 9.97 Å². The summed E-state index contributed by atoms with van der Waals surface area (Å²) >= 11 is 0. The minimum atomic E-state index is 0.199. The Balaban J connectivity index is 2.15. The summed E-state index contributed by atoms with van der Waals surface area (Å²) in [6.07, 6.45) is 5.43. The lowest BCUT2D eigenvalue weighted by molar-refractivity contribution is 0.282. The van der Waals surface area contributed by atoms with E-state index < -0.39 is 0 Å². The molecule has 0 saturated heterocycles. The molecule has 4 N–H and O–H groups in total. The molecule has 1 aromatic rings. The lowest BCUT2D eigenvalue weighted by atomic mass is 9.91. The SMILES string of the molecule is CCCNc1cc(N(CCCO)C2CCC2)nc(N)n1. The Morgan fingerprint density at radius 3 is 2.85 bits per heavy atom. The number of nitrogens with zero attached hydrogens (tertiary/aromatic N) is 3. The number of nitrogens with two attached hydrogens (primary N) is 1. The van der Waals surface area contributed by atoms with Crippen LogP contribution in [0.4, 0.5) is 17.6 Å². The highest BCUT2D eigenvalue weighted by Crippen LogP contribution is 2.29. The van der Waals surface area contributed by atoms with Gasteiger partial charge in [-0.1, -0.05) is 6.92 Å². The Bertz CT molecular complexity index is 422. The number of aliphatic hydroxyl groups excluding tert-OH is 1.